The molecule has 1 heterocycles. The zero-order valence-electron chi connectivity index (χ0n) is 13.3. The molecule has 0 spiro atoms. The first kappa shape index (κ1) is 16.0. The molecule has 0 bridgehead atoms. The van der Waals surface area contributed by atoms with Crippen LogP contribution in [-0.2, 0) is 22.4 Å². The smallest absolute Gasteiger partial charge is 0.307 e. The number of aliphatic carboxylic acids is 1. The Kier molecular flexibility index (Phi) is 3.93. The predicted octanol–water partition coefficient (Wildman–Crippen LogP) is 3.18. The maximum absolute atomic E-state index is 12.5. The van der Waals surface area contributed by atoms with Gasteiger partial charge in [0.2, 0.25) is 5.91 Å². The average Bonchev–Trinajstić information content (AvgIpc) is 3.02. The van der Waals surface area contributed by atoms with Crippen LogP contribution in [0, 0.1) is 28.6 Å². The van der Waals surface area contributed by atoms with Crippen molar-refractivity contribution < 1.29 is 14.7 Å². The molecular formula is C17H20N2O3S. The molecule has 122 valence electrons. The SMILES string of the molecule is CC1(C)[C@H](C(=O)O)[C@@H]1C(=O)Nc1sc2c(c1C#N)CCCCC2. The lowest BCUT2D eigenvalue weighted by Gasteiger charge is -2.05. The van der Waals surface area contributed by atoms with E-state index in [0.29, 0.717) is 10.6 Å². The largest absolute Gasteiger partial charge is 0.481 e. The number of carboxylic acid groups (broad SMARTS) is 1. The molecule has 5 nitrogen and oxygen atoms in total. The molecule has 1 fully saturated rings. The average molecular weight is 332 g/mol. The van der Waals surface area contributed by atoms with Gasteiger partial charge in [0, 0.05) is 4.88 Å². The van der Waals surface area contributed by atoms with Gasteiger partial charge in [-0.15, -0.1) is 11.3 Å². The number of amides is 1. The van der Waals surface area contributed by atoms with E-state index in [1.165, 1.54) is 22.6 Å². The molecule has 1 amide bonds. The summed E-state index contributed by atoms with van der Waals surface area (Å²) in [5.74, 6) is -2.40. The normalized spacial score (nSPS) is 24.9. The second kappa shape index (κ2) is 5.64. The Balaban J connectivity index is 1.83. The minimum absolute atomic E-state index is 0.282. The minimum atomic E-state index is -0.933. The van der Waals surface area contributed by atoms with E-state index in [1.807, 2.05) is 0 Å². The van der Waals surface area contributed by atoms with Gasteiger partial charge in [-0.2, -0.15) is 5.26 Å². The van der Waals surface area contributed by atoms with Crippen molar-refractivity contribution in [2.24, 2.45) is 17.3 Å². The lowest BCUT2D eigenvalue weighted by Crippen LogP contribution is -2.17. The fourth-order valence-corrected chi connectivity index (χ4v) is 4.97. The fourth-order valence-electron chi connectivity index (χ4n) is 3.73. The van der Waals surface area contributed by atoms with Crippen molar-refractivity contribution in [1.29, 1.82) is 5.26 Å². The van der Waals surface area contributed by atoms with Gasteiger partial charge in [0.15, 0.2) is 0 Å². The molecule has 2 aliphatic carbocycles. The van der Waals surface area contributed by atoms with E-state index in [0.717, 1.165) is 31.2 Å². The fraction of sp³-hybridized carbons (Fsp3) is 0.588. The molecule has 3 rings (SSSR count). The summed E-state index contributed by atoms with van der Waals surface area (Å²) >= 11 is 1.48. The number of carbonyl (C=O) groups excluding carboxylic acids is 1. The van der Waals surface area contributed by atoms with Crippen LogP contribution in [0.3, 0.4) is 0 Å². The second-order valence-electron chi connectivity index (χ2n) is 6.98. The zero-order valence-corrected chi connectivity index (χ0v) is 14.1. The standard InChI is InChI=1S/C17H20N2O3S/c1-17(2)12(13(17)16(21)22)14(20)19-15-10(8-18)9-6-4-3-5-7-11(9)23-15/h12-13H,3-7H2,1-2H3,(H,19,20)(H,21,22)/t12-,13+/m1/s1. The molecule has 2 aliphatic rings. The van der Waals surface area contributed by atoms with Gasteiger partial charge in [0.05, 0.1) is 17.4 Å². The lowest BCUT2D eigenvalue weighted by molar-refractivity contribution is -0.140. The van der Waals surface area contributed by atoms with Gasteiger partial charge in [-0.05, 0) is 36.7 Å². The van der Waals surface area contributed by atoms with Crippen molar-refractivity contribution in [2.45, 2.75) is 46.0 Å². The maximum Gasteiger partial charge on any atom is 0.307 e. The third-order valence-electron chi connectivity index (χ3n) is 5.15. The summed E-state index contributed by atoms with van der Waals surface area (Å²) in [6, 6.07) is 2.23. The van der Waals surface area contributed by atoms with E-state index in [1.54, 1.807) is 13.8 Å². The third-order valence-corrected chi connectivity index (χ3v) is 6.35. The summed E-state index contributed by atoms with van der Waals surface area (Å²) in [6.07, 6.45) is 5.20. The number of thiophene rings is 1. The first-order chi connectivity index (χ1) is 10.9. The number of anilines is 1. The minimum Gasteiger partial charge on any atom is -0.481 e. The number of rotatable bonds is 3. The van der Waals surface area contributed by atoms with Gasteiger partial charge in [-0.25, -0.2) is 0 Å². The number of hydrogen-bond acceptors (Lipinski definition) is 4. The molecule has 0 aliphatic heterocycles. The molecule has 1 aromatic rings. The number of nitriles is 1. The van der Waals surface area contributed by atoms with Crippen molar-refractivity contribution in [3.63, 3.8) is 0 Å². The zero-order chi connectivity index (χ0) is 16.8. The molecule has 0 saturated heterocycles. The topological polar surface area (TPSA) is 90.2 Å². The van der Waals surface area contributed by atoms with Gasteiger partial charge < -0.3 is 10.4 Å². The van der Waals surface area contributed by atoms with E-state index in [-0.39, 0.29) is 5.91 Å². The number of carbonyl (C=O) groups is 2. The Morgan fingerprint density at radius 1 is 1.26 bits per heavy atom. The highest BCUT2D eigenvalue weighted by Crippen LogP contribution is 2.58. The molecule has 0 radical (unpaired) electrons. The van der Waals surface area contributed by atoms with Crippen molar-refractivity contribution in [3.8, 4) is 6.07 Å². The molecule has 0 unspecified atom stereocenters. The van der Waals surface area contributed by atoms with E-state index in [4.69, 9.17) is 0 Å². The first-order valence-electron chi connectivity index (χ1n) is 7.96. The van der Waals surface area contributed by atoms with Gasteiger partial charge in [0.25, 0.3) is 0 Å². The van der Waals surface area contributed by atoms with Gasteiger partial charge >= 0.3 is 5.97 Å². The molecule has 2 atom stereocenters. The van der Waals surface area contributed by atoms with Crippen molar-refractivity contribution in [1.82, 2.24) is 0 Å². The van der Waals surface area contributed by atoms with Crippen molar-refractivity contribution in [3.05, 3.63) is 16.0 Å². The van der Waals surface area contributed by atoms with E-state index >= 15 is 0 Å². The molecule has 1 saturated carbocycles. The molecule has 0 aromatic carbocycles. The Morgan fingerprint density at radius 2 is 1.96 bits per heavy atom. The van der Waals surface area contributed by atoms with Crippen molar-refractivity contribution in [2.75, 3.05) is 5.32 Å². The van der Waals surface area contributed by atoms with Crippen LogP contribution in [0.4, 0.5) is 5.00 Å². The number of carboxylic acids is 1. The highest BCUT2D eigenvalue weighted by atomic mass is 32.1. The second-order valence-corrected chi connectivity index (χ2v) is 8.09. The molecule has 23 heavy (non-hydrogen) atoms. The van der Waals surface area contributed by atoms with Crippen LogP contribution in [0.25, 0.3) is 0 Å². The molecular weight excluding hydrogens is 312 g/mol. The van der Waals surface area contributed by atoms with Gasteiger partial charge in [0.1, 0.15) is 11.1 Å². The van der Waals surface area contributed by atoms with Crippen LogP contribution < -0.4 is 5.32 Å². The van der Waals surface area contributed by atoms with E-state index in [9.17, 15) is 20.0 Å². The van der Waals surface area contributed by atoms with Gasteiger partial charge in [-0.1, -0.05) is 20.3 Å². The number of aryl methyl sites for hydroxylation is 1. The highest BCUT2D eigenvalue weighted by molar-refractivity contribution is 7.16. The first-order valence-corrected chi connectivity index (χ1v) is 8.78. The van der Waals surface area contributed by atoms with Gasteiger partial charge in [-0.3, -0.25) is 9.59 Å². The monoisotopic (exact) mass is 332 g/mol. The van der Waals surface area contributed by atoms with Crippen LogP contribution in [0.5, 0.6) is 0 Å². The summed E-state index contributed by atoms with van der Waals surface area (Å²) in [6.45, 7) is 3.59. The van der Waals surface area contributed by atoms with Crippen molar-refractivity contribution >= 4 is 28.2 Å². The van der Waals surface area contributed by atoms with E-state index in [2.05, 4.69) is 11.4 Å². The number of nitrogens with zero attached hydrogens (tertiary/aromatic N) is 1. The summed E-state index contributed by atoms with van der Waals surface area (Å²) in [5.41, 5.74) is 1.12. The molecule has 2 N–H and O–H groups in total. The quantitative estimate of drug-likeness (QED) is 0.832. The summed E-state index contributed by atoms with van der Waals surface area (Å²) in [4.78, 5) is 24.9. The Hall–Kier alpha value is -1.87. The number of nitrogens with one attached hydrogen (secondary N) is 1. The lowest BCUT2D eigenvalue weighted by atomic mass is 10.1. The van der Waals surface area contributed by atoms with Crippen LogP contribution in [0.2, 0.25) is 0 Å². The summed E-state index contributed by atoms with van der Waals surface area (Å²) < 4.78 is 0. The molecule has 6 heteroatoms. The predicted molar refractivity (Wildman–Crippen MR) is 87.3 cm³/mol. The Bertz CT molecular complexity index is 714. The number of hydrogen-bond donors (Lipinski definition) is 2. The van der Waals surface area contributed by atoms with Crippen LogP contribution in [0.1, 0.15) is 49.1 Å². The van der Waals surface area contributed by atoms with Crippen LogP contribution in [0.15, 0.2) is 0 Å². The summed E-state index contributed by atoms with van der Waals surface area (Å²) in [7, 11) is 0. The maximum atomic E-state index is 12.5. The van der Waals surface area contributed by atoms with Crippen LogP contribution >= 0.6 is 11.3 Å². The summed E-state index contributed by atoms with van der Waals surface area (Å²) in [5, 5.41) is 22.1. The third kappa shape index (κ3) is 2.63. The molecule has 1 aromatic heterocycles. The van der Waals surface area contributed by atoms with Crippen LogP contribution in [-0.4, -0.2) is 17.0 Å². The van der Waals surface area contributed by atoms with E-state index < -0.39 is 23.2 Å². The highest BCUT2D eigenvalue weighted by Gasteiger charge is 2.66. The Labute approximate surface area is 139 Å². The Morgan fingerprint density at radius 3 is 2.57 bits per heavy atom. The number of fused-ring (bicyclic) bond motifs is 1.